The third kappa shape index (κ3) is 3.02. The van der Waals surface area contributed by atoms with Crippen LogP contribution in [0.5, 0.6) is 0 Å². The van der Waals surface area contributed by atoms with Gasteiger partial charge in [-0.1, -0.05) is 12.1 Å². The molecule has 2 bridgehead atoms. The number of nitrogens with one attached hydrogen (secondary N) is 1. The fourth-order valence-corrected chi connectivity index (χ4v) is 5.87. The minimum absolute atomic E-state index is 0.189. The second-order valence-electron chi connectivity index (χ2n) is 7.95. The van der Waals surface area contributed by atoms with Crippen molar-refractivity contribution in [3.63, 3.8) is 0 Å². The highest BCUT2D eigenvalue weighted by Gasteiger charge is 2.42. The van der Waals surface area contributed by atoms with E-state index >= 15 is 0 Å². The number of carbonyl (C=O) groups is 1. The predicted molar refractivity (Wildman–Crippen MR) is 111 cm³/mol. The van der Waals surface area contributed by atoms with Crippen molar-refractivity contribution in [2.45, 2.75) is 38.0 Å². The Kier molecular flexibility index (Phi) is 4.35. The van der Waals surface area contributed by atoms with Crippen LogP contribution in [0.2, 0.25) is 0 Å². The smallest absolute Gasteiger partial charge is 0.255 e. The molecular formula is C22H25N3OS. The highest BCUT2D eigenvalue weighted by molar-refractivity contribution is 7.99. The second-order valence-corrected chi connectivity index (χ2v) is 9.18. The van der Waals surface area contributed by atoms with Crippen molar-refractivity contribution in [2.24, 2.45) is 0 Å². The number of aromatic nitrogens is 1. The minimum atomic E-state index is 0.189. The van der Waals surface area contributed by atoms with Crippen molar-refractivity contribution in [1.29, 1.82) is 0 Å². The Morgan fingerprint density at radius 3 is 2.74 bits per heavy atom. The van der Waals surface area contributed by atoms with Gasteiger partial charge in [-0.15, -0.1) is 0 Å². The number of anilines is 2. The molecule has 27 heavy (non-hydrogen) atoms. The van der Waals surface area contributed by atoms with Crippen LogP contribution in [0.15, 0.2) is 30.5 Å². The molecule has 3 aliphatic rings. The largest absolute Gasteiger partial charge is 0.340 e. The number of nitrogens with zero attached hydrogens (tertiary/aromatic N) is 2. The van der Waals surface area contributed by atoms with E-state index in [0.717, 1.165) is 41.7 Å². The van der Waals surface area contributed by atoms with E-state index in [2.05, 4.69) is 36.5 Å². The molecule has 2 atom stereocenters. The summed E-state index contributed by atoms with van der Waals surface area (Å²) in [7, 11) is 0. The summed E-state index contributed by atoms with van der Waals surface area (Å²) in [4.78, 5) is 20.0. The van der Waals surface area contributed by atoms with Crippen LogP contribution in [0.1, 0.15) is 58.1 Å². The van der Waals surface area contributed by atoms with Gasteiger partial charge in [0.25, 0.3) is 5.91 Å². The van der Waals surface area contributed by atoms with Crippen LogP contribution in [0, 0.1) is 6.92 Å². The van der Waals surface area contributed by atoms with Crippen molar-refractivity contribution in [3.05, 3.63) is 52.7 Å². The van der Waals surface area contributed by atoms with Gasteiger partial charge in [-0.2, -0.15) is 11.8 Å². The molecular weight excluding hydrogens is 354 g/mol. The average Bonchev–Trinajstić information content (AvgIpc) is 3.31. The average molecular weight is 380 g/mol. The van der Waals surface area contributed by atoms with Gasteiger partial charge in [-0.05, 0) is 61.3 Å². The van der Waals surface area contributed by atoms with Gasteiger partial charge in [-0.3, -0.25) is 4.79 Å². The van der Waals surface area contributed by atoms with Gasteiger partial charge >= 0.3 is 0 Å². The summed E-state index contributed by atoms with van der Waals surface area (Å²) in [6, 6.07) is 8.39. The number of aryl methyl sites for hydroxylation is 1. The van der Waals surface area contributed by atoms with Crippen molar-refractivity contribution >= 4 is 29.2 Å². The number of fused-ring (bicyclic) bond motifs is 5. The summed E-state index contributed by atoms with van der Waals surface area (Å²) in [6.45, 7) is 3.81. The molecule has 5 heteroatoms. The number of rotatable bonds is 3. The van der Waals surface area contributed by atoms with E-state index in [-0.39, 0.29) is 5.91 Å². The van der Waals surface area contributed by atoms with Crippen LogP contribution in [0.25, 0.3) is 0 Å². The fourth-order valence-electron chi connectivity index (χ4n) is 4.97. The van der Waals surface area contributed by atoms with Gasteiger partial charge < -0.3 is 10.2 Å². The van der Waals surface area contributed by atoms with E-state index in [4.69, 9.17) is 4.98 Å². The molecule has 2 fully saturated rings. The van der Waals surface area contributed by atoms with Crippen molar-refractivity contribution in [1.82, 2.24) is 9.88 Å². The molecule has 1 aromatic carbocycles. The van der Waals surface area contributed by atoms with Gasteiger partial charge in [0.05, 0.1) is 5.56 Å². The van der Waals surface area contributed by atoms with Crippen LogP contribution in [-0.2, 0) is 0 Å². The Hall–Kier alpha value is -2.01. The number of pyridine rings is 1. The maximum Gasteiger partial charge on any atom is 0.255 e. The molecule has 2 aromatic rings. The number of amides is 1. The van der Waals surface area contributed by atoms with E-state index in [1.54, 1.807) is 0 Å². The van der Waals surface area contributed by atoms with Crippen molar-refractivity contribution < 1.29 is 4.79 Å². The molecule has 5 rings (SSSR count). The first kappa shape index (κ1) is 17.1. The third-order valence-corrected chi connectivity index (χ3v) is 7.16. The summed E-state index contributed by atoms with van der Waals surface area (Å²) < 4.78 is 0. The predicted octanol–water partition coefficient (Wildman–Crippen LogP) is 4.69. The zero-order valence-electron chi connectivity index (χ0n) is 15.7. The lowest BCUT2D eigenvalue weighted by molar-refractivity contribution is 0.0770. The SMILES string of the molecule is Cc1cccc(Nc2ncc(C(=O)N3CCSCC3)c3c2C2CCC3C2)c1. The van der Waals surface area contributed by atoms with E-state index in [1.807, 2.05) is 22.9 Å². The minimum Gasteiger partial charge on any atom is -0.340 e. The summed E-state index contributed by atoms with van der Waals surface area (Å²) in [6.07, 6.45) is 5.45. The molecule has 1 amide bonds. The van der Waals surface area contributed by atoms with Crippen molar-refractivity contribution in [2.75, 3.05) is 29.9 Å². The standard InChI is InChI=1S/C22H25N3OS/c1-14-3-2-4-17(11-14)24-21-20-16-6-5-15(12-16)19(20)18(13-23-21)22(26)25-7-9-27-10-8-25/h2-4,11,13,15-16H,5-10,12H2,1H3,(H,23,24). The Labute approximate surface area is 164 Å². The highest BCUT2D eigenvalue weighted by atomic mass is 32.2. The lowest BCUT2D eigenvalue weighted by Gasteiger charge is -2.29. The van der Waals surface area contributed by atoms with Crippen LogP contribution in [0.4, 0.5) is 11.5 Å². The third-order valence-electron chi connectivity index (χ3n) is 6.22. The lowest BCUT2D eigenvalue weighted by Crippen LogP contribution is -2.38. The van der Waals surface area contributed by atoms with Gasteiger partial charge in [0.2, 0.25) is 0 Å². The molecule has 1 saturated carbocycles. The lowest BCUT2D eigenvalue weighted by atomic mass is 9.88. The number of thioether (sulfide) groups is 1. The van der Waals surface area contributed by atoms with Gasteiger partial charge in [0, 0.05) is 42.0 Å². The molecule has 1 aromatic heterocycles. The number of hydrogen-bond donors (Lipinski definition) is 1. The summed E-state index contributed by atoms with van der Waals surface area (Å²) in [5, 5.41) is 3.54. The molecule has 0 spiro atoms. The number of hydrogen-bond acceptors (Lipinski definition) is 4. The molecule has 2 unspecified atom stereocenters. The number of benzene rings is 1. The molecule has 1 N–H and O–H groups in total. The molecule has 2 aliphatic carbocycles. The molecule has 140 valence electrons. The maximum absolute atomic E-state index is 13.2. The van der Waals surface area contributed by atoms with E-state index < -0.39 is 0 Å². The van der Waals surface area contributed by atoms with Gasteiger partial charge in [-0.25, -0.2) is 4.98 Å². The first-order valence-electron chi connectivity index (χ1n) is 9.94. The summed E-state index contributed by atoms with van der Waals surface area (Å²) in [5.41, 5.74) is 5.76. The highest BCUT2D eigenvalue weighted by Crippen LogP contribution is 2.56. The van der Waals surface area contributed by atoms with E-state index in [0.29, 0.717) is 11.8 Å². The van der Waals surface area contributed by atoms with E-state index in [9.17, 15) is 4.79 Å². The normalized spacial score (nSPS) is 23.4. The van der Waals surface area contributed by atoms with Crippen molar-refractivity contribution in [3.8, 4) is 0 Å². The quantitative estimate of drug-likeness (QED) is 0.840. The molecule has 1 aliphatic heterocycles. The molecule has 1 saturated heterocycles. The first-order valence-corrected chi connectivity index (χ1v) is 11.1. The molecule has 0 radical (unpaired) electrons. The van der Waals surface area contributed by atoms with Crippen LogP contribution < -0.4 is 5.32 Å². The molecule has 4 nitrogen and oxygen atoms in total. The maximum atomic E-state index is 13.2. The van der Waals surface area contributed by atoms with Crippen LogP contribution in [0.3, 0.4) is 0 Å². The Morgan fingerprint density at radius 1 is 1.19 bits per heavy atom. The number of carbonyl (C=O) groups excluding carboxylic acids is 1. The van der Waals surface area contributed by atoms with E-state index in [1.165, 1.54) is 36.0 Å². The van der Waals surface area contributed by atoms with Crippen LogP contribution >= 0.6 is 11.8 Å². The first-order chi connectivity index (χ1) is 13.2. The zero-order chi connectivity index (χ0) is 18.4. The molecule has 2 heterocycles. The van der Waals surface area contributed by atoms with Gasteiger partial charge in [0.1, 0.15) is 5.82 Å². The van der Waals surface area contributed by atoms with Crippen LogP contribution in [-0.4, -0.2) is 40.4 Å². The Morgan fingerprint density at radius 2 is 1.96 bits per heavy atom. The Balaban J connectivity index is 1.53. The fraction of sp³-hybridized carbons (Fsp3) is 0.455. The summed E-state index contributed by atoms with van der Waals surface area (Å²) in [5.74, 6) is 4.31. The van der Waals surface area contributed by atoms with Gasteiger partial charge in [0.15, 0.2) is 0 Å². The zero-order valence-corrected chi connectivity index (χ0v) is 16.5. The monoisotopic (exact) mass is 379 g/mol. The Bertz CT molecular complexity index is 891. The second kappa shape index (κ2) is 6.86. The topological polar surface area (TPSA) is 45.2 Å². The summed E-state index contributed by atoms with van der Waals surface area (Å²) >= 11 is 1.93.